The molecule has 0 spiro atoms. The van der Waals surface area contributed by atoms with E-state index in [1.165, 1.54) is 18.3 Å². The Kier molecular flexibility index (Phi) is 4.57. The summed E-state index contributed by atoms with van der Waals surface area (Å²) >= 11 is 0. The highest BCUT2D eigenvalue weighted by Crippen LogP contribution is 2.16. The van der Waals surface area contributed by atoms with Gasteiger partial charge in [-0.1, -0.05) is 42.5 Å². The summed E-state index contributed by atoms with van der Waals surface area (Å²) in [6, 6.07) is 18.3. The summed E-state index contributed by atoms with van der Waals surface area (Å²) in [6.07, 6.45) is 1.53. The van der Waals surface area contributed by atoms with Gasteiger partial charge in [0, 0.05) is 24.0 Å². The SMILES string of the molecule is Cc1ccc2c(=O)c(C(=O)c3ccccc3)cn(Cc3cccc(F)c3)c2n1. The number of nitrogens with zero attached hydrogens (tertiary/aromatic N) is 2. The van der Waals surface area contributed by atoms with Crippen LogP contribution in [0.25, 0.3) is 11.0 Å². The molecule has 2 heterocycles. The predicted molar refractivity (Wildman–Crippen MR) is 106 cm³/mol. The second-order valence-electron chi connectivity index (χ2n) is 6.65. The number of hydrogen-bond acceptors (Lipinski definition) is 3. The van der Waals surface area contributed by atoms with E-state index < -0.39 is 0 Å². The third-order valence-corrected chi connectivity index (χ3v) is 4.58. The zero-order valence-corrected chi connectivity index (χ0v) is 15.2. The average Bonchev–Trinajstić information content (AvgIpc) is 2.70. The summed E-state index contributed by atoms with van der Waals surface area (Å²) in [5.41, 5.74) is 2.09. The maximum atomic E-state index is 13.6. The highest BCUT2D eigenvalue weighted by molar-refractivity contribution is 6.09. The van der Waals surface area contributed by atoms with Gasteiger partial charge in [-0.05, 0) is 36.8 Å². The Morgan fingerprint density at radius 2 is 1.82 bits per heavy atom. The molecule has 0 aliphatic heterocycles. The Labute approximate surface area is 160 Å². The van der Waals surface area contributed by atoms with Gasteiger partial charge in [0.1, 0.15) is 11.5 Å². The van der Waals surface area contributed by atoms with Crippen molar-refractivity contribution in [3.05, 3.63) is 111 Å². The van der Waals surface area contributed by atoms with Crippen molar-refractivity contribution < 1.29 is 9.18 Å². The number of fused-ring (bicyclic) bond motifs is 1. The third kappa shape index (κ3) is 3.34. The molecule has 28 heavy (non-hydrogen) atoms. The highest BCUT2D eigenvalue weighted by Gasteiger charge is 2.18. The van der Waals surface area contributed by atoms with E-state index in [0.717, 1.165) is 5.69 Å². The summed E-state index contributed by atoms with van der Waals surface area (Å²) < 4.78 is 15.3. The van der Waals surface area contributed by atoms with Gasteiger partial charge < -0.3 is 4.57 Å². The molecular formula is C23H17FN2O2. The van der Waals surface area contributed by atoms with Gasteiger partial charge in [0.05, 0.1) is 10.9 Å². The Bertz CT molecular complexity index is 1250. The van der Waals surface area contributed by atoms with E-state index in [1.54, 1.807) is 53.1 Å². The van der Waals surface area contributed by atoms with Crippen LogP contribution in [0.1, 0.15) is 27.2 Å². The number of rotatable bonds is 4. The number of pyridine rings is 2. The molecule has 0 N–H and O–H groups in total. The van der Waals surface area contributed by atoms with E-state index in [2.05, 4.69) is 4.98 Å². The van der Waals surface area contributed by atoms with Gasteiger partial charge in [-0.25, -0.2) is 9.37 Å². The van der Waals surface area contributed by atoms with Gasteiger partial charge in [0.15, 0.2) is 5.78 Å². The lowest BCUT2D eigenvalue weighted by molar-refractivity contribution is 0.103. The van der Waals surface area contributed by atoms with Crippen LogP contribution in [0, 0.1) is 12.7 Å². The molecule has 0 unspecified atom stereocenters. The second-order valence-corrected chi connectivity index (χ2v) is 6.65. The molecular weight excluding hydrogens is 355 g/mol. The molecule has 2 aromatic carbocycles. The fourth-order valence-corrected chi connectivity index (χ4v) is 3.22. The van der Waals surface area contributed by atoms with Crippen LogP contribution in [0.15, 0.2) is 77.7 Å². The molecule has 2 aromatic heterocycles. The minimum Gasteiger partial charge on any atom is -0.327 e. The van der Waals surface area contributed by atoms with Crippen molar-refractivity contribution in [3.63, 3.8) is 0 Å². The first-order valence-corrected chi connectivity index (χ1v) is 8.88. The van der Waals surface area contributed by atoms with Gasteiger partial charge in [-0.2, -0.15) is 0 Å². The number of hydrogen-bond donors (Lipinski definition) is 0. The molecule has 0 radical (unpaired) electrons. The zero-order valence-electron chi connectivity index (χ0n) is 15.2. The Morgan fingerprint density at radius 1 is 1.04 bits per heavy atom. The first-order chi connectivity index (χ1) is 13.5. The maximum absolute atomic E-state index is 13.6. The lowest BCUT2D eigenvalue weighted by Gasteiger charge is -2.13. The fraction of sp³-hybridized carbons (Fsp3) is 0.0870. The first kappa shape index (κ1) is 17.8. The summed E-state index contributed by atoms with van der Waals surface area (Å²) in [5, 5.41) is 0.365. The molecule has 0 saturated carbocycles. The highest BCUT2D eigenvalue weighted by atomic mass is 19.1. The van der Waals surface area contributed by atoms with Gasteiger partial charge >= 0.3 is 0 Å². The van der Waals surface area contributed by atoms with Crippen LogP contribution in [0.2, 0.25) is 0 Å². The van der Waals surface area contributed by atoms with Crippen molar-refractivity contribution in [2.75, 3.05) is 0 Å². The van der Waals surface area contributed by atoms with Gasteiger partial charge in [-0.15, -0.1) is 0 Å². The summed E-state index contributed by atoms with van der Waals surface area (Å²) in [6.45, 7) is 2.12. The van der Waals surface area contributed by atoms with E-state index in [1.807, 2.05) is 13.0 Å². The maximum Gasteiger partial charge on any atom is 0.202 e. The van der Waals surface area contributed by atoms with Crippen LogP contribution >= 0.6 is 0 Å². The van der Waals surface area contributed by atoms with Crippen molar-refractivity contribution in [1.29, 1.82) is 0 Å². The molecule has 5 heteroatoms. The van der Waals surface area contributed by atoms with Crippen LogP contribution < -0.4 is 5.43 Å². The number of aromatic nitrogens is 2. The van der Waals surface area contributed by atoms with E-state index in [0.29, 0.717) is 28.7 Å². The topological polar surface area (TPSA) is 52.0 Å². The number of halogens is 1. The normalized spacial score (nSPS) is 10.9. The van der Waals surface area contributed by atoms with Crippen molar-refractivity contribution in [2.45, 2.75) is 13.5 Å². The molecule has 0 aliphatic rings. The smallest absolute Gasteiger partial charge is 0.202 e. The first-order valence-electron chi connectivity index (χ1n) is 8.88. The predicted octanol–water partition coefficient (Wildman–Crippen LogP) is 4.12. The van der Waals surface area contributed by atoms with Gasteiger partial charge in [-0.3, -0.25) is 9.59 Å². The Morgan fingerprint density at radius 3 is 2.57 bits per heavy atom. The molecule has 0 fully saturated rings. The molecule has 4 aromatic rings. The molecule has 0 aliphatic carbocycles. The number of aryl methyl sites for hydroxylation is 1. The molecule has 0 amide bonds. The van der Waals surface area contributed by atoms with Gasteiger partial charge in [0.25, 0.3) is 0 Å². The lowest BCUT2D eigenvalue weighted by atomic mass is 10.0. The minimum absolute atomic E-state index is 0.0701. The standard InChI is InChI=1S/C23H17FN2O2/c1-15-10-11-19-22(28)20(21(27)17-7-3-2-4-8-17)14-26(23(19)25-15)13-16-6-5-9-18(24)12-16/h2-12,14H,13H2,1H3. The lowest BCUT2D eigenvalue weighted by Crippen LogP contribution is -2.21. The van der Waals surface area contributed by atoms with Crippen LogP contribution in [-0.4, -0.2) is 15.3 Å². The molecule has 138 valence electrons. The van der Waals surface area contributed by atoms with E-state index >= 15 is 0 Å². The van der Waals surface area contributed by atoms with Gasteiger partial charge in [0.2, 0.25) is 5.43 Å². The van der Waals surface area contributed by atoms with Crippen molar-refractivity contribution in [2.24, 2.45) is 0 Å². The van der Waals surface area contributed by atoms with Crippen LogP contribution in [0.3, 0.4) is 0 Å². The number of carbonyl (C=O) groups is 1. The quantitative estimate of drug-likeness (QED) is 0.506. The monoisotopic (exact) mass is 372 g/mol. The van der Waals surface area contributed by atoms with Crippen LogP contribution in [-0.2, 0) is 6.54 Å². The minimum atomic E-state index is -0.355. The molecule has 0 bridgehead atoms. The number of benzene rings is 2. The third-order valence-electron chi connectivity index (χ3n) is 4.58. The van der Waals surface area contributed by atoms with Crippen LogP contribution in [0.5, 0.6) is 0 Å². The van der Waals surface area contributed by atoms with Crippen molar-refractivity contribution in [3.8, 4) is 0 Å². The second kappa shape index (κ2) is 7.19. The van der Waals surface area contributed by atoms with Crippen molar-refractivity contribution >= 4 is 16.8 Å². The molecule has 0 saturated heterocycles. The summed E-state index contributed by atoms with van der Waals surface area (Å²) in [4.78, 5) is 30.4. The average molecular weight is 372 g/mol. The summed E-state index contributed by atoms with van der Waals surface area (Å²) in [7, 11) is 0. The molecule has 4 nitrogen and oxygen atoms in total. The van der Waals surface area contributed by atoms with E-state index in [4.69, 9.17) is 0 Å². The summed E-state index contributed by atoms with van der Waals surface area (Å²) in [5.74, 6) is -0.686. The van der Waals surface area contributed by atoms with E-state index in [9.17, 15) is 14.0 Å². The van der Waals surface area contributed by atoms with Crippen molar-refractivity contribution in [1.82, 2.24) is 9.55 Å². The van der Waals surface area contributed by atoms with E-state index in [-0.39, 0.29) is 22.6 Å². The zero-order chi connectivity index (χ0) is 19.7. The number of carbonyl (C=O) groups excluding carboxylic acids is 1. The fourth-order valence-electron chi connectivity index (χ4n) is 3.22. The molecule has 0 atom stereocenters. The Hall–Kier alpha value is -3.60. The Balaban J connectivity index is 1.92. The van der Waals surface area contributed by atoms with Crippen LogP contribution in [0.4, 0.5) is 4.39 Å². The largest absolute Gasteiger partial charge is 0.327 e. The number of ketones is 1. The molecule has 4 rings (SSSR count).